The highest BCUT2D eigenvalue weighted by molar-refractivity contribution is 5.53. The first-order valence-corrected chi connectivity index (χ1v) is 0.870. The summed E-state index contributed by atoms with van der Waals surface area (Å²) in [5.41, 5.74) is 0. The maximum absolute atomic E-state index is 9.00. The van der Waals surface area contributed by atoms with Crippen molar-refractivity contribution in [1.29, 1.82) is 0 Å². The van der Waals surface area contributed by atoms with E-state index in [1.165, 1.54) is 0 Å². The molecule has 0 aliphatic carbocycles. The maximum atomic E-state index is 9.00. The first kappa shape index (κ1) is 8.94. The standard InChI is InChI=1S/CH2O3.FH2N/c2-1(3)4;1-2/h(H2,2,3,4);2H2. The maximum Gasteiger partial charge on any atom is 0.503 e. The monoisotopic (exact) mass is 97.0 g/mol. The van der Waals surface area contributed by atoms with Crippen LogP contribution in [0.1, 0.15) is 0 Å². The Morgan fingerprint density at radius 2 is 1.50 bits per heavy atom. The molecule has 0 spiro atoms. The molecule has 0 aliphatic rings. The fraction of sp³-hybridized carbons (Fsp3) is 0. The van der Waals surface area contributed by atoms with E-state index in [4.69, 9.17) is 19.5 Å². The zero-order valence-corrected chi connectivity index (χ0v) is 2.76. The third-order valence-corrected chi connectivity index (χ3v) is 0. The second-order valence-corrected chi connectivity index (χ2v) is 0.283. The summed E-state index contributed by atoms with van der Waals surface area (Å²) in [6.45, 7) is 0. The number of carbonyl (C=O) groups is 1. The van der Waals surface area contributed by atoms with Crippen molar-refractivity contribution in [3.63, 3.8) is 0 Å². The molecule has 0 amide bonds. The topological polar surface area (TPSA) is 83.6 Å². The Morgan fingerprint density at radius 1 is 1.50 bits per heavy atom. The highest BCUT2D eigenvalue weighted by Crippen LogP contribution is 1.42. The lowest BCUT2D eigenvalue weighted by molar-refractivity contribution is 0.137. The molecule has 0 bridgehead atoms. The molecular weight excluding hydrogens is 93.0 g/mol. The molecule has 6 heavy (non-hydrogen) atoms. The third kappa shape index (κ3) is 20.9. The van der Waals surface area contributed by atoms with E-state index in [-0.39, 0.29) is 0 Å². The van der Waals surface area contributed by atoms with Crippen molar-refractivity contribution in [2.45, 2.75) is 0 Å². The van der Waals surface area contributed by atoms with Crippen LogP contribution in [0.4, 0.5) is 9.28 Å². The van der Waals surface area contributed by atoms with Gasteiger partial charge in [-0.3, -0.25) is 0 Å². The Bertz CT molecular complexity index is 33.8. The predicted molar refractivity (Wildman–Crippen MR) is 15.9 cm³/mol. The predicted octanol–water partition coefficient (Wildman–Crippen LogP) is 0.0520. The number of halogens is 1. The van der Waals surface area contributed by atoms with Gasteiger partial charge in [-0.25, -0.2) is 4.79 Å². The summed E-state index contributed by atoms with van der Waals surface area (Å²) >= 11 is 0. The summed E-state index contributed by atoms with van der Waals surface area (Å²) in [6.07, 6.45) is -1.83. The van der Waals surface area contributed by atoms with E-state index in [9.17, 15) is 0 Å². The lowest BCUT2D eigenvalue weighted by atomic mass is 11.5. The SMILES string of the molecule is NF.O=C(O)O. The highest BCUT2D eigenvalue weighted by atomic mass is 19.2. The van der Waals surface area contributed by atoms with Gasteiger partial charge < -0.3 is 10.2 Å². The van der Waals surface area contributed by atoms with Crippen LogP contribution in [0.2, 0.25) is 0 Å². The van der Waals surface area contributed by atoms with Crippen molar-refractivity contribution in [2.24, 2.45) is 5.96 Å². The largest absolute Gasteiger partial charge is 0.503 e. The fourth-order valence-corrected chi connectivity index (χ4v) is 0. The molecule has 0 aromatic rings. The summed E-state index contributed by atoms with van der Waals surface area (Å²) in [7, 11) is 0. The smallest absolute Gasteiger partial charge is 0.450 e. The minimum atomic E-state index is -1.83. The zero-order valence-electron chi connectivity index (χ0n) is 2.76. The van der Waals surface area contributed by atoms with Gasteiger partial charge in [-0.15, -0.1) is 4.48 Å². The molecule has 0 aromatic heterocycles. The van der Waals surface area contributed by atoms with Crippen molar-refractivity contribution in [1.82, 2.24) is 0 Å². The highest BCUT2D eigenvalue weighted by Gasteiger charge is 1.70. The van der Waals surface area contributed by atoms with E-state index >= 15 is 0 Å². The van der Waals surface area contributed by atoms with Gasteiger partial charge in [0, 0.05) is 0 Å². The van der Waals surface area contributed by atoms with E-state index in [0.29, 0.717) is 0 Å². The molecule has 0 radical (unpaired) electrons. The molecule has 0 rings (SSSR count). The van der Waals surface area contributed by atoms with Gasteiger partial charge in [0.2, 0.25) is 0 Å². The molecule has 0 aliphatic heterocycles. The first-order chi connectivity index (χ1) is 2.73. The summed E-state index contributed by atoms with van der Waals surface area (Å²) in [6, 6.07) is 0. The second kappa shape index (κ2) is 8.90. The van der Waals surface area contributed by atoms with E-state index in [0.717, 1.165) is 0 Å². The molecule has 4 N–H and O–H groups in total. The second-order valence-electron chi connectivity index (χ2n) is 0.283. The molecule has 38 valence electrons. The van der Waals surface area contributed by atoms with Crippen molar-refractivity contribution >= 4 is 6.16 Å². The molecule has 4 nitrogen and oxygen atoms in total. The summed E-state index contributed by atoms with van der Waals surface area (Å²) in [5, 5.41) is 13.9. The number of nitrogens with two attached hydrogens (primary N) is 1. The van der Waals surface area contributed by atoms with Crippen molar-refractivity contribution in [3.8, 4) is 0 Å². The summed E-state index contributed by atoms with van der Waals surface area (Å²) in [5.74, 6) is 3.00. The molecule has 0 fully saturated rings. The van der Waals surface area contributed by atoms with Gasteiger partial charge in [0.05, 0.1) is 0 Å². The van der Waals surface area contributed by atoms with Crippen LogP contribution in [-0.2, 0) is 0 Å². The Balaban J connectivity index is 0. The lowest BCUT2D eigenvalue weighted by Crippen LogP contribution is -1.81. The van der Waals surface area contributed by atoms with Crippen molar-refractivity contribution in [3.05, 3.63) is 0 Å². The fourth-order valence-electron chi connectivity index (χ4n) is 0. The molecule has 5 heteroatoms. The van der Waals surface area contributed by atoms with Gasteiger partial charge in [0.15, 0.2) is 0 Å². The molecule has 0 unspecified atom stereocenters. The van der Waals surface area contributed by atoms with Crippen LogP contribution in [0.5, 0.6) is 0 Å². The van der Waals surface area contributed by atoms with Crippen LogP contribution in [0, 0.1) is 0 Å². The quantitative estimate of drug-likeness (QED) is 0.373. The van der Waals surface area contributed by atoms with Crippen LogP contribution >= 0.6 is 0 Å². The van der Waals surface area contributed by atoms with Crippen LogP contribution in [-0.4, -0.2) is 16.4 Å². The van der Waals surface area contributed by atoms with Gasteiger partial charge in [0.1, 0.15) is 0 Å². The Labute approximate surface area is 32.9 Å². The minimum Gasteiger partial charge on any atom is -0.450 e. The van der Waals surface area contributed by atoms with Crippen molar-refractivity contribution < 1.29 is 19.5 Å². The van der Waals surface area contributed by atoms with Crippen molar-refractivity contribution in [2.75, 3.05) is 0 Å². The number of carboxylic acid groups (broad SMARTS) is 2. The molecular formula is CH4FNO3. The Kier molecular flexibility index (Phi) is 13.3. The Morgan fingerprint density at radius 3 is 1.50 bits per heavy atom. The molecule has 0 saturated heterocycles. The molecule has 0 saturated carbocycles. The van der Waals surface area contributed by atoms with E-state index < -0.39 is 6.16 Å². The third-order valence-electron chi connectivity index (χ3n) is 0. The van der Waals surface area contributed by atoms with E-state index in [1.54, 1.807) is 0 Å². The van der Waals surface area contributed by atoms with Gasteiger partial charge in [-0.1, -0.05) is 0 Å². The number of hydrogen-bond donors (Lipinski definition) is 3. The number of hydrogen-bond acceptors (Lipinski definition) is 2. The average Bonchev–Trinajstić information content (AvgIpc) is 1.41. The first-order valence-electron chi connectivity index (χ1n) is 0.870. The van der Waals surface area contributed by atoms with Gasteiger partial charge in [-0.05, 0) is 0 Å². The van der Waals surface area contributed by atoms with Crippen LogP contribution in [0.15, 0.2) is 0 Å². The molecule has 0 aromatic carbocycles. The lowest BCUT2D eigenvalue weighted by Gasteiger charge is -1.60. The van der Waals surface area contributed by atoms with Crippen LogP contribution < -0.4 is 5.96 Å². The Hall–Kier alpha value is -0.840. The zero-order chi connectivity index (χ0) is 5.58. The number of rotatable bonds is 0. The van der Waals surface area contributed by atoms with Gasteiger partial charge in [0.25, 0.3) is 0 Å². The van der Waals surface area contributed by atoms with Gasteiger partial charge in [-0.2, -0.15) is 5.96 Å². The summed E-state index contributed by atoms with van der Waals surface area (Å²) < 4.78 is 9.00. The van der Waals surface area contributed by atoms with E-state index in [2.05, 4.69) is 5.96 Å². The molecule has 0 heterocycles. The minimum absolute atomic E-state index is 1.83. The average molecular weight is 97.0 g/mol. The van der Waals surface area contributed by atoms with Gasteiger partial charge >= 0.3 is 6.16 Å². The van der Waals surface area contributed by atoms with Crippen LogP contribution in [0.25, 0.3) is 0 Å². The summed E-state index contributed by atoms with van der Waals surface area (Å²) in [4.78, 5) is 8.56. The molecule has 0 atom stereocenters. The normalized spacial score (nSPS) is 5.00. The van der Waals surface area contributed by atoms with E-state index in [1.807, 2.05) is 0 Å². The van der Waals surface area contributed by atoms with Crippen LogP contribution in [0.3, 0.4) is 0 Å².